The fourth-order valence-corrected chi connectivity index (χ4v) is 3.98. The number of anilines is 1. The van der Waals surface area contributed by atoms with E-state index >= 15 is 0 Å². The lowest BCUT2D eigenvalue weighted by atomic mass is 9.88. The van der Waals surface area contributed by atoms with Crippen molar-refractivity contribution in [3.63, 3.8) is 0 Å². The van der Waals surface area contributed by atoms with Crippen LogP contribution in [0.15, 0.2) is 66.7 Å². The van der Waals surface area contributed by atoms with E-state index in [0.29, 0.717) is 17.2 Å². The molecule has 1 aliphatic heterocycles. The molecule has 0 saturated heterocycles. The Kier molecular flexibility index (Phi) is 5.53. The molecule has 0 radical (unpaired) electrons. The molecule has 3 aromatic rings. The Morgan fingerprint density at radius 1 is 1.00 bits per heavy atom. The molecule has 1 N–H and O–H groups in total. The van der Waals surface area contributed by atoms with Crippen molar-refractivity contribution >= 4 is 40.2 Å². The number of carbonyl (C=O) groups excluding carboxylic acids is 2. The molecule has 0 unspecified atom stereocenters. The largest absolute Gasteiger partial charge is 0.457 e. The molecule has 5 nitrogen and oxygen atoms in total. The maximum Gasteiger partial charge on any atom is 0.318 e. The topological polar surface area (TPSA) is 64.6 Å². The summed E-state index contributed by atoms with van der Waals surface area (Å²) in [7, 11) is 0. The van der Waals surface area contributed by atoms with E-state index in [9.17, 15) is 9.59 Å². The number of rotatable bonds is 4. The number of ether oxygens (including phenoxy) is 2. The van der Waals surface area contributed by atoms with Crippen LogP contribution < -0.4 is 10.1 Å². The van der Waals surface area contributed by atoms with Gasteiger partial charge >= 0.3 is 5.97 Å². The van der Waals surface area contributed by atoms with Crippen molar-refractivity contribution in [3.05, 3.63) is 87.0 Å². The van der Waals surface area contributed by atoms with Gasteiger partial charge in [-0.1, -0.05) is 36.4 Å². The number of esters is 1. The molecule has 29 heavy (non-hydrogen) atoms. The molecule has 0 bridgehead atoms. The van der Waals surface area contributed by atoms with E-state index in [4.69, 9.17) is 9.47 Å². The van der Waals surface area contributed by atoms with E-state index in [1.54, 1.807) is 0 Å². The first-order chi connectivity index (χ1) is 14.0. The number of benzene rings is 3. The van der Waals surface area contributed by atoms with Crippen LogP contribution in [0.1, 0.15) is 22.6 Å². The fourth-order valence-electron chi connectivity index (χ4n) is 3.34. The number of hydrogen-bond donors (Lipinski definition) is 1. The summed E-state index contributed by atoms with van der Waals surface area (Å²) in [6, 6.07) is 20.4. The highest BCUT2D eigenvalue weighted by Crippen LogP contribution is 2.44. The van der Waals surface area contributed by atoms with Gasteiger partial charge in [0.1, 0.15) is 17.4 Å². The molecular formula is C23H18INO4. The second kappa shape index (κ2) is 8.24. The Hall–Kier alpha value is -2.87. The van der Waals surface area contributed by atoms with Crippen LogP contribution in [0.25, 0.3) is 0 Å². The number of hydrogen-bond acceptors (Lipinski definition) is 4. The van der Waals surface area contributed by atoms with Gasteiger partial charge in [0.25, 0.3) is 5.91 Å². The number of halogens is 1. The van der Waals surface area contributed by atoms with E-state index in [1.807, 2.05) is 73.7 Å². The zero-order valence-electron chi connectivity index (χ0n) is 15.6. The maximum absolute atomic E-state index is 12.9. The van der Waals surface area contributed by atoms with E-state index in [2.05, 4.69) is 27.9 Å². The summed E-state index contributed by atoms with van der Waals surface area (Å²) in [5.74, 6) is -0.262. The van der Waals surface area contributed by atoms with Crippen LogP contribution in [0.4, 0.5) is 5.69 Å². The van der Waals surface area contributed by atoms with Crippen LogP contribution in [0, 0.1) is 10.5 Å². The minimum absolute atomic E-state index is 0.355. The zero-order chi connectivity index (χ0) is 20.4. The SMILES string of the molecule is Cc1cc(I)ccc1NC(=O)COC(=O)C1c2ccccc2Oc2ccccc21. The molecule has 0 aliphatic carbocycles. The third-order valence-corrected chi connectivity index (χ3v) is 5.39. The molecule has 4 rings (SSSR count). The number of fused-ring (bicyclic) bond motifs is 2. The molecule has 0 saturated carbocycles. The van der Waals surface area contributed by atoms with Crippen molar-refractivity contribution in [1.29, 1.82) is 0 Å². The Morgan fingerprint density at radius 2 is 1.62 bits per heavy atom. The highest BCUT2D eigenvalue weighted by Gasteiger charge is 2.33. The lowest BCUT2D eigenvalue weighted by Gasteiger charge is -2.26. The van der Waals surface area contributed by atoms with E-state index in [0.717, 1.165) is 20.3 Å². The monoisotopic (exact) mass is 499 g/mol. The van der Waals surface area contributed by atoms with Gasteiger partial charge in [0.05, 0.1) is 0 Å². The molecule has 0 aromatic heterocycles. The normalized spacial score (nSPS) is 12.3. The highest BCUT2D eigenvalue weighted by atomic mass is 127. The van der Waals surface area contributed by atoms with Crippen molar-refractivity contribution < 1.29 is 19.1 Å². The number of para-hydroxylation sites is 2. The average molecular weight is 499 g/mol. The van der Waals surface area contributed by atoms with Gasteiger partial charge in [0, 0.05) is 20.4 Å². The summed E-state index contributed by atoms with van der Waals surface area (Å²) in [5.41, 5.74) is 3.10. The van der Waals surface area contributed by atoms with Crippen LogP contribution in [0.2, 0.25) is 0 Å². The predicted molar refractivity (Wildman–Crippen MR) is 118 cm³/mol. The Balaban J connectivity index is 1.49. The highest BCUT2D eigenvalue weighted by molar-refractivity contribution is 14.1. The average Bonchev–Trinajstić information content (AvgIpc) is 2.72. The first-order valence-corrected chi connectivity index (χ1v) is 10.2. The van der Waals surface area contributed by atoms with Gasteiger partial charge < -0.3 is 14.8 Å². The van der Waals surface area contributed by atoms with E-state index in [1.165, 1.54) is 0 Å². The van der Waals surface area contributed by atoms with Crippen LogP contribution in [0.3, 0.4) is 0 Å². The molecule has 3 aromatic carbocycles. The fraction of sp³-hybridized carbons (Fsp3) is 0.130. The summed E-state index contributed by atoms with van der Waals surface area (Å²) < 4.78 is 12.4. The first kappa shape index (κ1) is 19.4. The van der Waals surface area contributed by atoms with Gasteiger partial charge in [-0.15, -0.1) is 0 Å². The molecule has 0 spiro atoms. The van der Waals surface area contributed by atoms with Gasteiger partial charge in [-0.05, 0) is 65.4 Å². The smallest absolute Gasteiger partial charge is 0.318 e. The molecule has 1 heterocycles. The third kappa shape index (κ3) is 4.12. The van der Waals surface area contributed by atoms with Gasteiger partial charge in [0.15, 0.2) is 6.61 Å². The lowest BCUT2D eigenvalue weighted by Crippen LogP contribution is -2.26. The van der Waals surface area contributed by atoms with Gasteiger partial charge in [-0.25, -0.2) is 0 Å². The van der Waals surface area contributed by atoms with Crippen molar-refractivity contribution in [2.45, 2.75) is 12.8 Å². The number of amides is 1. The van der Waals surface area contributed by atoms with Crippen LogP contribution in [-0.2, 0) is 14.3 Å². The Bertz CT molecular complexity index is 1050. The molecule has 0 fully saturated rings. The first-order valence-electron chi connectivity index (χ1n) is 9.11. The van der Waals surface area contributed by atoms with E-state index in [-0.39, 0.29) is 12.5 Å². The van der Waals surface area contributed by atoms with Crippen molar-refractivity contribution in [2.24, 2.45) is 0 Å². The predicted octanol–water partition coefficient (Wildman–Crippen LogP) is 5.02. The van der Waals surface area contributed by atoms with Crippen LogP contribution in [0.5, 0.6) is 11.5 Å². The molecule has 146 valence electrons. The van der Waals surface area contributed by atoms with Crippen LogP contribution >= 0.6 is 22.6 Å². The van der Waals surface area contributed by atoms with Gasteiger partial charge in [0.2, 0.25) is 0 Å². The van der Waals surface area contributed by atoms with Crippen molar-refractivity contribution in [3.8, 4) is 11.5 Å². The quantitative estimate of drug-likeness (QED) is 0.405. The molecule has 6 heteroatoms. The summed E-state index contributed by atoms with van der Waals surface area (Å²) in [4.78, 5) is 25.2. The van der Waals surface area contributed by atoms with Crippen LogP contribution in [-0.4, -0.2) is 18.5 Å². The second-order valence-corrected chi connectivity index (χ2v) is 7.97. The molecule has 1 amide bonds. The Labute approximate surface area is 182 Å². The lowest BCUT2D eigenvalue weighted by molar-refractivity contribution is -0.148. The second-order valence-electron chi connectivity index (χ2n) is 6.73. The summed E-state index contributed by atoms with van der Waals surface area (Å²) in [6.07, 6.45) is 0. The summed E-state index contributed by atoms with van der Waals surface area (Å²) in [6.45, 7) is 1.56. The number of nitrogens with one attached hydrogen (secondary N) is 1. The standard InChI is InChI=1S/C23H18INO4/c1-14-12-15(24)10-11-18(14)25-21(26)13-28-23(27)22-16-6-2-4-8-19(16)29-20-9-5-3-7-17(20)22/h2-12,22H,13H2,1H3,(H,25,26). The summed E-state index contributed by atoms with van der Waals surface area (Å²) >= 11 is 2.21. The minimum atomic E-state index is -0.635. The minimum Gasteiger partial charge on any atom is -0.457 e. The zero-order valence-corrected chi connectivity index (χ0v) is 17.8. The number of aryl methyl sites for hydroxylation is 1. The van der Waals surface area contributed by atoms with Gasteiger partial charge in [-0.3, -0.25) is 9.59 Å². The Morgan fingerprint density at radius 3 is 2.24 bits per heavy atom. The maximum atomic E-state index is 12.9. The number of carbonyl (C=O) groups is 2. The third-order valence-electron chi connectivity index (χ3n) is 4.72. The molecular weight excluding hydrogens is 481 g/mol. The summed E-state index contributed by atoms with van der Waals surface area (Å²) in [5, 5.41) is 2.79. The molecule has 0 atom stereocenters. The van der Waals surface area contributed by atoms with Crippen molar-refractivity contribution in [1.82, 2.24) is 0 Å². The van der Waals surface area contributed by atoms with E-state index < -0.39 is 11.9 Å². The molecule has 1 aliphatic rings. The van der Waals surface area contributed by atoms with Gasteiger partial charge in [-0.2, -0.15) is 0 Å². The van der Waals surface area contributed by atoms with Crippen molar-refractivity contribution in [2.75, 3.05) is 11.9 Å².